The van der Waals surface area contributed by atoms with Gasteiger partial charge in [-0.05, 0) is 12.3 Å². The van der Waals surface area contributed by atoms with E-state index in [-0.39, 0.29) is 0 Å². The van der Waals surface area contributed by atoms with Gasteiger partial charge in [-0.3, -0.25) is 0 Å². The molecule has 0 saturated carbocycles. The molecule has 0 aromatic rings. The predicted molar refractivity (Wildman–Crippen MR) is 44.1 cm³/mol. The Morgan fingerprint density at radius 2 is 2.56 bits per heavy atom. The maximum absolute atomic E-state index is 5.67. The number of halogens is 2. The molecule has 1 aliphatic rings. The van der Waals surface area contributed by atoms with Gasteiger partial charge >= 0.3 is 0 Å². The summed E-state index contributed by atoms with van der Waals surface area (Å²) >= 11 is 9.00. The Kier molecular flexibility index (Phi) is 2.30. The first-order valence-electron chi connectivity index (χ1n) is 2.78. The van der Waals surface area contributed by atoms with E-state index in [0.717, 1.165) is 10.9 Å². The minimum Gasteiger partial charge on any atom is -0.248 e. The Labute approximate surface area is 67.9 Å². The average molecular weight is 208 g/mol. The molecule has 1 rings (SSSR count). The van der Waals surface area contributed by atoms with Crippen molar-refractivity contribution in [1.82, 2.24) is 0 Å². The third-order valence-electron chi connectivity index (χ3n) is 1.17. The molecule has 9 heavy (non-hydrogen) atoms. The van der Waals surface area contributed by atoms with Gasteiger partial charge in [-0.2, -0.15) is 0 Å². The van der Waals surface area contributed by atoms with Crippen LogP contribution in [0, 0.1) is 5.92 Å². The highest BCUT2D eigenvalue weighted by Gasteiger charge is 2.09. The molecular formula is C6H7BrClN. The minimum absolute atomic E-state index is 0.516. The van der Waals surface area contributed by atoms with E-state index in [1.807, 2.05) is 6.21 Å². The average Bonchev–Trinajstić information content (AvgIpc) is 1.80. The number of allylic oxidation sites excluding steroid dienone is 1. The van der Waals surface area contributed by atoms with E-state index in [9.17, 15) is 0 Å². The molecule has 0 aromatic carbocycles. The SMILES string of the molecule is CC1C=NC(Cl)=C(Br)C1. The molecule has 0 amide bonds. The Balaban J connectivity index is 2.75. The molecule has 0 fully saturated rings. The van der Waals surface area contributed by atoms with Crippen LogP contribution in [0.2, 0.25) is 0 Å². The van der Waals surface area contributed by atoms with Crippen molar-refractivity contribution in [2.45, 2.75) is 13.3 Å². The van der Waals surface area contributed by atoms with Crippen molar-refractivity contribution in [3.8, 4) is 0 Å². The summed E-state index contributed by atoms with van der Waals surface area (Å²) in [6.07, 6.45) is 2.84. The lowest BCUT2D eigenvalue weighted by Crippen LogP contribution is -2.00. The second kappa shape index (κ2) is 2.84. The lowest BCUT2D eigenvalue weighted by Gasteiger charge is -2.09. The molecule has 1 unspecified atom stereocenters. The van der Waals surface area contributed by atoms with Crippen molar-refractivity contribution in [3.05, 3.63) is 9.64 Å². The molecule has 0 aliphatic carbocycles. The van der Waals surface area contributed by atoms with Crippen LogP contribution in [0.3, 0.4) is 0 Å². The van der Waals surface area contributed by atoms with Crippen molar-refractivity contribution in [3.63, 3.8) is 0 Å². The molecule has 0 spiro atoms. The summed E-state index contributed by atoms with van der Waals surface area (Å²) in [6.45, 7) is 2.11. The lowest BCUT2D eigenvalue weighted by molar-refractivity contribution is 0.786. The van der Waals surface area contributed by atoms with E-state index < -0.39 is 0 Å². The molecule has 1 heterocycles. The number of rotatable bonds is 0. The molecule has 0 saturated heterocycles. The second-order valence-corrected chi connectivity index (χ2v) is 3.47. The fourth-order valence-electron chi connectivity index (χ4n) is 0.682. The van der Waals surface area contributed by atoms with Crippen molar-refractivity contribution in [2.75, 3.05) is 0 Å². The zero-order valence-corrected chi connectivity index (χ0v) is 7.41. The molecule has 1 nitrogen and oxygen atoms in total. The summed E-state index contributed by atoms with van der Waals surface area (Å²) in [4.78, 5) is 3.97. The van der Waals surface area contributed by atoms with E-state index in [4.69, 9.17) is 11.6 Å². The third-order valence-corrected chi connectivity index (χ3v) is 2.42. The molecule has 1 aliphatic heterocycles. The fourth-order valence-corrected chi connectivity index (χ4v) is 1.43. The Bertz CT molecular complexity index is 174. The monoisotopic (exact) mass is 207 g/mol. The number of nitrogens with zero attached hydrogens (tertiary/aromatic N) is 1. The minimum atomic E-state index is 0.516. The van der Waals surface area contributed by atoms with E-state index in [2.05, 4.69) is 27.8 Å². The molecule has 0 bridgehead atoms. The van der Waals surface area contributed by atoms with E-state index in [1.165, 1.54) is 0 Å². The van der Waals surface area contributed by atoms with Crippen LogP contribution in [0.25, 0.3) is 0 Å². The fraction of sp³-hybridized carbons (Fsp3) is 0.500. The smallest absolute Gasteiger partial charge is 0.138 e. The largest absolute Gasteiger partial charge is 0.248 e. The zero-order chi connectivity index (χ0) is 6.85. The van der Waals surface area contributed by atoms with E-state index in [1.54, 1.807) is 0 Å². The standard InChI is InChI=1S/C6H7BrClN/c1-4-2-5(7)6(8)9-3-4/h3-4H,2H2,1H3. The van der Waals surface area contributed by atoms with Gasteiger partial charge in [-0.1, -0.05) is 34.5 Å². The summed E-state index contributed by atoms with van der Waals surface area (Å²) < 4.78 is 1.01. The number of hydrogen-bond donors (Lipinski definition) is 0. The number of aliphatic imine (C=N–C) groups is 1. The van der Waals surface area contributed by atoms with Gasteiger partial charge in [0.15, 0.2) is 0 Å². The zero-order valence-electron chi connectivity index (χ0n) is 5.06. The van der Waals surface area contributed by atoms with Crippen LogP contribution in [0.5, 0.6) is 0 Å². The van der Waals surface area contributed by atoms with Crippen LogP contribution in [0.15, 0.2) is 14.6 Å². The molecular weight excluding hydrogens is 201 g/mol. The Morgan fingerprint density at radius 1 is 1.89 bits per heavy atom. The molecule has 1 atom stereocenters. The van der Waals surface area contributed by atoms with Crippen LogP contribution in [-0.2, 0) is 0 Å². The van der Waals surface area contributed by atoms with Crippen LogP contribution in [0.4, 0.5) is 0 Å². The highest BCUT2D eigenvalue weighted by molar-refractivity contribution is 9.11. The van der Waals surface area contributed by atoms with Gasteiger partial charge in [0.05, 0.1) is 0 Å². The maximum Gasteiger partial charge on any atom is 0.138 e. The molecule has 0 radical (unpaired) electrons. The summed E-state index contributed by atoms with van der Waals surface area (Å²) in [6, 6.07) is 0. The molecule has 3 heteroatoms. The van der Waals surface area contributed by atoms with Crippen molar-refractivity contribution in [1.29, 1.82) is 0 Å². The second-order valence-electron chi connectivity index (χ2n) is 2.16. The summed E-state index contributed by atoms with van der Waals surface area (Å²) in [7, 11) is 0. The van der Waals surface area contributed by atoms with Crippen molar-refractivity contribution < 1.29 is 0 Å². The van der Waals surface area contributed by atoms with Gasteiger partial charge in [-0.25, -0.2) is 4.99 Å². The van der Waals surface area contributed by atoms with E-state index >= 15 is 0 Å². The normalized spacial score (nSPS) is 27.2. The Hall–Kier alpha value is 0.180. The van der Waals surface area contributed by atoms with Gasteiger partial charge in [0.2, 0.25) is 0 Å². The van der Waals surface area contributed by atoms with Crippen molar-refractivity contribution >= 4 is 33.7 Å². The highest BCUT2D eigenvalue weighted by Crippen LogP contribution is 2.27. The topological polar surface area (TPSA) is 12.4 Å². The van der Waals surface area contributed by atoms with Gasteiger partial charge in [0, 0.05) is 10.7 Å². The van der Waals surface area contributed by atoms with Crippen molar-refractivity contribution in [2.24, 2.45) is 10.9 Å². The first-order chi connectivity index (χ1) is 4.20. The van der Waals surface area contributed by atoms with Crippen LogP contribution in [0.1, 0.15) is 13.3 Å². The van der Waals surface area contributed by atoms with Gasteiger partial charge in [0.1, 0.15) is 5.16 Å². The lowest BCUT2D eigenvalue weighted by atomic mass is 10.1. The van der Waals surface area contributed by atoms with Gasteiger partial charge in [0.25, 0.3) is 0 Å². The Morgan fingerprint density at radius 3 is 3.00 bits per heavy atom. The van der Waals surface area contributed by atoms with Crippen LogP contribution >= 0.6 is 27.5 Å². The first kappa shape index (κ1) is 7.29. The third kappa shape index (κ3) is 1.80. The molecule has 50 valence electrons. The molecule has 0 aromatic heterocycles. The summed E-state index contributed by atoms with van der Waals surface area (Å²) in [5.74, 6) is 0.516. The maximum atomic E-state index is 5.67. The van der Waals surface area contributed by atoms with E-state index in [0.29, 0.717) is 11.1 Å². The van der Waals surface area contributed by atoms with Crippen LogP contribution < -0.4 is 0 Å². The highest BCUT2D eigenvalue weighted by atomic mass is 79.9. The summed E-state index contributed by atoms with van der Waals surface area (Å²) in [5, 5.41) is 0.591. The first-order valence-corrected chi connectivity index (χ1v) is 3.95. The van der Waals surface area contributed by atoms with Gasteiger partial charge < -0.3 is 0 Å². The van der Waals surface area contributed by atoms with Gasteiger partial charge in [-0.15, -0.1) is 0 Å². The predicted octanol–water partition coefficient (Wildman–Crippen LogP) is 2.90. The number of hydrogen-bond acceptors (Lipinski definition) is 1. The summed E-state index contributed by atoms with van der Waals surface area (Å²) in [5.41, 5.74) is 0. The quantitative estimate of drug-likeness (QED) is 0.543. The molecule has 0 N–H and O–H groups in total. The van der Waals surface area contributed by atoms with Crippen LogP contribution in [-0.4, -0.2) is 6.21 Å².